The maximum Gasteiger partial charge on any atom is 0.265 e. The van der Waals surface area contributed by atoms with E-state index >= 15 is 0 Å². The second-order valence-corrected chi connectivity index (χ2v) is 6.59. The van der Waals surface area contributed by atoms with Gasteiger partial charge in [0.05, 0.1) is 5.69 Å². The largest absolute Gasteiger partial charge is 0.375 e. The van der Waals surface area contributed by atoms with Crippen LogP contribution in [-0.2, 0) is 0 Å². The van der Waals surface area contributed by atoms with E-state index in [1.165, 1.54) is 37.0 Å². The van der Waals surface area contributed by atoms with Crippen molar-refractivity contribution in [3.8, 4) is 0 Å². The van der Waals surface area contributed by atoms with Crippen LogP contribution in [0.4, 0.5) is 5.13 Å². The minimum absolute atomic E-state index is 0.139. The predicted molar refractivity (Wildman–Crippen MR) is 72.6 cm³/mol. The molecule has 1 heterocycles. The maximum absolute atomic E-state index is 12.5. The molecule has 2 aliphatic carbocycles. The highest BCUT2D eigenvalue weighted by atomic mass is 32.1. The van der Waals surface area contributed by atoms with Crippen LogP contribution in [0.25, 0.3) is 0 Å². The van der Waals surface area contributed by atoms with Gasteiger partial charge in [-0.3, -0.25) is 4.79 Å². The first-order valence-corrected chi connectivity index (χ1v) is 7.47. The second-order valence-electron chi connectivity index (χ2n) is 5.56. The van der Waals surface area contributed by atoms with E-state index in [-0.39, 0.29) is 5.91 Å². The van der Waals surface area contributed by atoms with Gasteiger partial charge in [-0.25, -0.2) is 4.98 Å². The van der Waals surface area contributed by atoms with Crippen molar-refractivity contribution < 1.29 is 4.79 Å². The van der Waals surface area contributed by atoms with Crippen LogP contribution in [-0.4, -0.2) is 28.9 Å². The number of amides is 1. The summed E-state index contributed by atoms with van der Waals surface area (Å²) in [5.74, 6) is 1.61. The standard InChI is InChI=1S/C13H19N3OS/c1-8-11(18-13(14)15-8)12(17)16(6-9-2-3-9)7-10-4-5-10/h9-10H,2-7H2,1H3,(H2,14,15). The SMILES string of the molecule is Cc1nc(N)sc1C(=O)N(CC1CC1)CC1CC1. The number of hydrogen-bond acceptors (Lipinski definition) is 4. The number of anilines is 1. The zero-order chi connectivity index (χ0) is 12.7. The molecule has 5 heteroatoms. The third-order valence-corrected chi connectivity index (χ3v) is 4.62. The fourth-order valence-electron chi connectivity index (χ4n) is 2.22. The molecule has 0 unspecified atom stereocenters. The van der Waals surface area contributed by atoms with Crippen molar-refractivity contribution in [2.24, 2.45) is 11.8 Å². The average molecular weight is 265 g/mol. The molecule has 0 saturated heterocycles. The van der Waals surface area contributed by atoms with Gasteiger partial charge in [0.25, 0.3) is 5.91 Å². The Morgan fingerprint density at radius 1 is 1.33 bits per heavy atom. The summed E-state index contributed by atoms with van der Waals surface area (Å²) in [7, 11) is 0. The van der Waals surface area contributed by atoms with Gasteiger partial charge in [-0.2, -0.15) is 0 Å². The molecule has 0 atom stereocenters. The van der Waals surface area contributed by atoms with Crippen LogP contribution in [0.15, 0.2) is 0 Å². The molecule has 0 radical (unpaired) electrons. The Bertz CT molecular complexity index is 449. The van der Waals surface area contributed by atoms with E-state index in [0.29, 0.717) is 5.13 Å². The third-order valence-electron chi connectivity index (χ3n) is 3.65. The number of carbonyl (C=O) groups is 1. The van der Waals surface area contributed by atoms with E-state index in [4.69, 9.17) is 5.73 Å². The molecule has 98 valence electrons. The highest BCUT2D eigenvalue weighted by molar-refractivity contribution is 7.17. The summed E-state index contributed by atoms with van der Waals surface area (Å²) in [5, 5.41) is 0.494. The Labute approximate surface area is 111 Å². The first-order valence-electron chi connectivity index (χ1n) is 6.65. The van der Waals surface area contributed by atoms with Gasteiger partial charge in [-0.1, -0.05) is 11.3 Å². The Hall–Kier alpha value is -1.10. The number of carbonyl (C=O) groups excluding carboxylic acids is 1. The van der Waals surface area contributed by atoms with Gasteiger partial charge >= 0.3 is 0 Å². The molecule has 4 nitrogen and oxygen atoms in total. The number of aryl methyl sites for hydroxylation is 1. The van der Waals surface area contributed by atoms with Gasteiger partial charge in [0.15, 0.2) is 5.13 Å². The lowest BCUT2D eigenvalue weighted by Gasteiger charge is -2.22. The lowest BCUT2D eigenvalue weighted by molar-refractivity contribution is 0.0743. The molecule has 1 amide bonds. The van der Waals surface area contributed by atoms with E-state index in [1.807, 2.05) is 11.8 Å². The van der Waals surface area contributed by atoms with Crippen molar-refractivity contribution in [1.82, 2.24) is 9.88 Å². The fraction of sp³-hybridized carbons (Fsp3) is 0.692. The monoisotopic (exact) mass is 265 g/mol. The summed E-state index contributed by atoms with van der Waals surface area (Å²) in [6, 6.07) is 0. The number of nitrogen functional groups attached to an aromatic ring is 1. The summed E-state index contributed by atoms with van der Waals surface area (Å²) in [6.07, 6.45) is 5.10. The quantitative estimate of drug-likeness (QED) is 0.888. The Balaban J connectivity index is 1.74. The number of aromatic nitrogens is 1. The van der Waals surface area contributed by atoms with Gasteiger partial charge < -0.3 is 10.6 Å². The van der Waals surface area contributed by atoms with Crippen molar-refractivity contribution in [1.29, 1.82) is 0 Å². The number of rotatable bonds is 5. The zero-order valence-electron chi connectivity index (χ0n) is 10.7. The molecule has 3 rings (SSSR count). The van der Waals surface area contributed by atoms with Gasteiger partial charge in [-0.15, -0.1) is 0 Å². The minimum atomic E-state index is 0.139. The molecule has 1 aromatic heterocycles. The van der Waals surface area contributed by atoms with Crippen LogP contribution >= 0.6 is 11.3 Å². The van der Waals surface area contributed by atoms with Crippen molar-refractivity contribution in [2.45, 2.75) is 32.6 Å². The molecule has 2 N–H and O–H groups in total. The zero-order valence-corrected chi connectivity index (χ0v) is 11.5. The summed E-state index contributed by atoms with van der Waals surface area (Å²) in [6.45, 7) is 3.71. The van der Waals surface area contributed by atoms with E-state index in [1.54, 1.807) is 0 Å². The topological polar surface area (TPSA) is 59.2 Å². The van der Waals surface area contributed by atoms with Gasteiger partial charge in [0.1, 0.15) is 4.88 Å². The maximum atomic E-state index is 12.5. The normalized spacial score (nSPS) is 18.9. The summed E-state index contributed by atoms with van der Waals surface area (Å²) < 4.78 is 0. The highest BCUT2D eigenvalue weighted by Crippen LogP contribution is 2.35. The molecular formula is C13H19N3OS. The van der Waals surface area contributed by atoms with Crippen LogP contribution in [0.5, 0.6) is 0 Å². The molecule has 2 saturated carbocycles. The summed E-state index contributed by atoms with van der Waals surface area (Å²) in [4.78, 5) is 19.5. The van der Waals surface area contributed by atoms with Crippen LogP contribution in [0.1, 0.15) is 41.0 Å². The molecular weight excluding hydrogens is 246 g/mol. The number of hydrogen-bond donors (Lipinski definition) is 1. The first kappa shape index (κ1) is 12.0. The fourth-order valence-corrected chi connectivity index (χ4v) is 3.03. The second kappa shape index (κ2) is 4.53. The Kier molecular flexibility index (Phi) is 3.01. The number of nitrogens with zero attached hydrogens (tertiary/aromatic N) is 2. The molecule has 2 fully saturated rings. The van der Waals surface area contributed by atoms with E-state index in [0.717, 1.165) is 35.5 Å². The first-order chi connectivity index (χ1) is 8.63. The van der Waals surface area contributed by atoms with Crippen LogP contribution in [0.3, 0.4) is 0 Å². The number of thiazole rings is 1. The molecule has 0 bridgehead atoms. The van der Waals surface area contributed by atoms with Crippen molar-refractivity contribution >= 4 is 22.4 Å². The molecule has 0 spiro atoms. The van der Waals surface area contributed by atoms with Crippen LogP contribution < -0.4 is 5.73 Å². The lowest BCUT2D eigenvalue weighted by Crippen LogP contribution is -2.34. The molecule has 1 aromatic rings. The van der Waals surface area contributed by atoms with Crippen LogP contribution in [0.2, 0.25) is 0 Å². The van der Waals surface area contributed by atoms with Crippen molar-refractivity contribution in [3.63, 3.8) is 0 Å². The molecule has 18 heavy (non-hydrogen) atoms. The van der Waals surface area contributed by atoms with Crippen LogP contribution in [0, 0.1) is 18.8 Å². The lowest BCUT2D eigenvalue weighted by atomic mass is 10.2. The Morgan fingerprint density at radius 2 is 1.89 bits per heavy atom. The molecule has 0 aliphatic heterocycles. The van der Waals surface area contributed by atoms with Crippen molar-refractivity contribution in [2.75, 3.05) is 18.8 Å². The smallest absolute Gasteiger partial charge is 0.265 e. The third kappa shape index (κ3) is 2.66. The number of nitrogens with two attached hydrogens (primary N) is 1. The van der Waals surface area contributed by atoms with Gasteiger partial charge in [-0.05, 0) is 44.4 Å². The Morgan fingerprint density at radius 3 is 2.28 bits per heavy atom. The van der Waals surface area contributed by atoms with Gasteiger partial charge in [0, 0.05) is 13.1 Å². The summed E-state index contributed by atoms with van der Waals surface area (Å²) in [5.41, 5.74) is 6.46. The highest BCUT2D eigenvalue weighted by Gasteiger charge is 2.33. The minimum Gasteiger partial charge on any atom is -0.375 e. The van der Waals surface area contributed by atoms with E-state index < -0.39 is 0 Å². The molecule has 2 aliphatic rings. The predicted octanol–water partition coefficient (Wildman–Crippen LogP) is 2.30. The van der Waals surface area contributed by atoms with E-state index in [2.05, 4.69) is 4.98 Å². The van der Waals surface area contributed by atoms with Crippen molar-refractivity contribution in [3.05, 3.63) is 10.6 Å². The molecule has 0 aromatic carbocycles. The van der Waals surface area contributed by atoms with Gasteiger partial charge in [0.2, 0.25) is 0 Å². The van der Waals surface area contributed by atoms with E-state index in [9.17, 15) is 4.79 Å². The summed E-state index contributed by atoms with van der Waals surface area (Å²) >= 11 is 1.32. The average Bonchev–Trinajstić information content (AvgIpc) is 3.20.